The molecule has 1 N–H and O–H groups in total. The summed E-state index contributed by atoms with van der Waals surface area (Å²) < 4.78 is 6.47. The number of rotatable bonds is 7. The molecule has 1 heterocycles. The Bertz CT molecular complexity index is 1230. The summed E-state index contributed by atoms with van der Waals surface area (Å²) in [5, 5.41) is 6.38. The Morgan fingerprint density at radius 2 is 1.70 bits per heavy atom. The number of nitrogens with one attached hydrogen (secondary N) is 1. The van der Waals surface area contributed by atoms with Crippen LogP contribution in [0.25, 0.3) is 10.8 Å². The van der Waals surface area contributed by atoms with E-state index in [0.29, 0.717) is 5.92 Å². The zero-order valence-electron chi connectivity index (χ0n) is 19.6. The molecule has 0 saturated heterocycles. The number of benzene rings is 4. The zero-order valence-corrected chi connectivity index (χ0v) is 19.6. The Morgan fingerprint density at radius 1 is 0.909 bits per heavy atom. The second kappa shape index (κ2) is 9.80. The van der Waals surface area contributed by atoms with Crippen LogP contribution in [0, 0.1) is 0 Å². The molecule has 0 saturated carbocycles. The van der Waals surface area contributed by atoms with Crippen molar-refractivity contribution in [2.45, 2.75) is 51.2 Å². The van der Waals surface area contributed by atoms with Gasteiger partial charge >= 0.3 is 0 Å². The largest absolute Gasteiger partial charge is 0.489 e. The second-order valence-electron chi connectivity index (χ2n) is 9.26. The van der Waals surface area contributed by atoms with Gasteiger partial charge in [0.25, 0.3) is 0 Å². The Balaban J connectivity index is 1.36. The van der Waals surface area contributed by atoms with Gasteiger partial charge in [-0.25, -0.2) is 0 Å². The fraction of sp³-hybridized carbons (Fsp3) is 0.290. The van der Waals surface area contributed by atoms with Crippen molar-refractivity contribution in [3.8, 4) is 5.75 Å². The van der Waals surface area contributed by atoms with Crippen LogP contribution in [0.3, 0.4) is 0 Å². The third-order valence-electron chi connectivity index (χ3n) is 6.92. The van der Waals surface area contributed by atoms with Gasteiger partial charge in [0.05, 0.1) is 0 Å². The van der Waals surface area contributed by atoms with Crippen LogP contribution in [-0.4, -0.2) is 12.6 Å². The summed E-state index contributed by atoms with van der Waals surface area (Å²) in [4.78, 5) is 0. The van der Waals surface area contributed by atoms with Crippen LogP contribution in [0.2, 0.25) is 0 Å². The summed E-state index contributed by atoms with van der Waals surface area (Å²) in [6.07, 6.45) is 3.43. The lowest BCUT2D eigenvalue weighted by Crippen LogP contribution is -2.37. The SMILES string of the molecule is CCCc1cccc(C2CC(CN[C@H](C)c3cccc4ccccc34)Oc3ccccc32)c1. The van der Waals surface area contributed by atoms with Crippen molar-refractivity contribution in [2.75, 3.05) is 6.54 Å². The average Bonchev–Trinajstić information content (AvgIpc) is 2.87. The average molecular weight is 436 g/mol. The van der Waals surface area contributed by atoms with E-state index < -0.39 is 0 Å². The monoisotopic (exact) mass is 435 g/mol. The minimum absolute atomic E-state index is 0.136. The van der Waals surface area contributed by atoms with E-state index in [1.54, 1.807) is 0 Å². The summed E-state index contributed by atoms with van der Waals surface area (Å²) >= 11 is 0. The number of hydrogen-bond acceptors (Lipinski definition) is 2. The first-order chi connectivity index (χ1) is 16.2. The summed E-state index contributed by atoms with van der Waals surface area (Å²) in [7, 11) is 0. The number of aryl methyl sites for hydroxylation is 1. The summed E-state index contributed by atoms with van der Waals surface area (Å²) in [5.74, 6) is 1.39. The van der Waals surface area contributed by atoms with Gasteiger partial charge in [-0.05, 0) is 53.3 Å². The predicted octanol–water partition coefficient (Wildman–Crippen LogP) is 7.43. The highest BCUT2D eigenvalue weighted by molar-refractivity contribution is 5.86. The van der Waals surface area contributed by atoms with Crippen LogP contribution in [0.15, 0.2) is 91.0 Å². The fourth-order valence-corrected chi connectivity index (χ4v) is 5.23. The molecule has 1 aliphatic rings. The van der Waals surface area contributed by atoms with Gasteiger partial charge in [0.2, 0.25) is 0 Å². The minimum Gasteiger partial charge on any atom is -0.489 e. The Kier molecular flexibility index (Phi) is 6.46. The highest BCUT2D eigenvalue weighted by Gasteiger charge is 2.29. The third kappa shape index (κ3) is 4.67. The lowest BCUT2D eigenvalue weighted by atomic mass is 9.83. The highest BCUT2D eigenvalue weighted by atomic mass is 16.5. The standard InChI is InChI=1S/C31H33NO/c1-3-10-23-11-8-14-25(19-23)30-20-26(33-31-18-7-6-16-29(30)31)21-32-22(2)27-17-9-13-24-12-4-5-15-28(24)27/h4-9,11-19,22,26,30,32H,3,10,20-21H2,1-2H3/t22-,26?,30?/m1/s1. The second-order valence-corrected chi connectivity index (χ2v) is 9.26. The molecule has 2 unspecified atom stereocenters. The number of fused-ring (bicyclic) bond motifs is 2. The molecule has 0 aliphatic carbocycles. The van der Waals surface area contributed by atoms with Gasteiger partial charge < -0.3 is 10.1 Å². The quantitative estimate of drug-likeness (QED) is 0.326. The maximum Gasteiger partial charge on any atom is 0.123 e. The topological polar surface area (TPSA) is 21.3 Å². The van der Waals surface area contributed by atoms with Crippen molar-refractivity contribution in [3.63, 3.8) is 0 Å². The molecule has 0 aromatic heterocycles. The van der Waals surface area contributed by atoms with E-state index in [0.717, 1.165) is 25.1 Å². The molecule has 33 heavy (non-hydrogen) atoms. The first kappa shape index (κ1) is 21.7. The highest BCUT2D eigenvalue weighted by Crippen LogP contribution is 2.40. The van der Waals surface area contributed by atoms with Gasteiger partial charge in [-0.15, -0.1) is 0 Å². The molecule has 4 aromatic rings. The Morgan fingerprint density at radius 3 is 2.61 bits per heavy atom. The van der Waals surface area contributed by atoms with Crippen LogP contribution < -0.4 is 10.1 Å². The first-order valence-electron chi connectivity index (χ1n) is 12.3. The van der Waals surface area contributed by atoms with Gasteiger partial charge in [0.1, 0.15) is 11.9 Å². The number of ether oxygens (including phenoxy) is 1. The minimum atomic E-state index is 0.136. The van der Waals surface area contributed by atoms with E-state index in [-0.39, 0.29) is 12.1 Å². The van der Waals surface area contributed by atoms with Crippen LogP contribution in [0.1, 0.15) is 60.9 Å². The summed E-state index contributed by atoms with van der Waals surface area (Å²) in [5.41, 5.74) is 5.49. The maximum atomic E-state index is 6.47. The predicted molar refractivity (Wildman–Crippen MR) is 138 cm³/mol. The number of hydrogen-bond donors (Lipinski definition) is 1. The van der Waals surface area contributed by atoms with Gasteiger partial charge in [-0.1, -0.05) is 98.3 Å². The van der Waals surface area contributed by atoms with E-state index in [1.165, 1.54) is 39.4 Å². The molecule has 5 rings (SSSR count). The lowest BCUT2D eigenvalue weighted by Gasteiger charge is -2.33. The van der Waals surface area contributed by atoms with Crippen molar-refractivity contribution in [1.29, 1.82) is 0 Å². The molecule has 3 atom stereocenters. The Hall–Kier alpha value is -3.10. The summed E-state index contributed by atoms with van der Waals surface area (Å²) in [6.45, 7) is 5.32. The number of para-hydroxylation sites is 1. The lowest BCUT2D eigenvalue weighted by molar-refractivity contribution is 0.159. The molecule has 4 aromatic carbocycles. The molecule has 1 aliphatic heterocycles. The van der Waals surface area contributed by atoms with Crippen LogP contribution >= 0.6 is 0 Å². The van der Waals surface area contributed by atoms with Crippen LogP contribution in [0.4, 0.5) is 0 Å². The molecule has 0 bridgehead atoms. The smallest absolute Gasteiger partial charge is 0.123 e. The first-order valence-corrected chi connectivity index (χ1v) is 12.3. The molecule has 0 fully saturated rings. The molecule has 2 heteroatoms. The Labute approximate surface area is 197 Å². The van der Waals surface area contributed by atoms with E-state index >= 15 is 0 Å². The molecule has 0 amide bonds. The van der Waals surface area contributed by atoms with E-state index in [1.807, 2.05) is 0 Å². The summed E-state index contributed by atoms with van der Waals surface area (Å²) in [6, 6.07) is 33.2. The van der Waals surface area contributed by atoms with Gasteiger partial charge in [0.15, 0.2) is 0 Å². The van der Waals surface area contributed by atoms with Crippen LogP contribution in [0.5, 0.6) is 5.75 Å². The molecule has 0 radical (unpaired) electrons. The molecule has 0 spiro atoms. The van der Waals surface area contributed by atoms with Gasteiger partial charge in [0, 0.05) is 24.1 Å². The normalized spacial score (nSPS) is 18.5. The van der Waals surface area contributed by atoms with E-state index in [2.05, 4.69) is 110 Å². The molecule has 2 nitrogen and oxygen atoms in total. The van der Waals surface area contributed by atoms with E-state index in [9.17, 15) is 0 Å². The maximum absolute atomic E-state index is 6.47. The van der Waals surface area contributed by atoms with Crippen molar-refractivity contribution >= 4 is 10.8 Å². The van der Waals surface area contributed by atoms with Gasteiger partial charge in [-0.3, -0.25) is 0 Å². The van der Waals surface area contributed by atoms with Gasteiger partial charge in [-0.2, -0.15) is 0 Å². The third-order valence-corrected chi connectivity index (χ3v) is 6.92. The van der Waals surface area contributed by atoms with Crippen molar-refractivity contribution in [1.82, 2.24) is 5.32 Å². The zero-order chi connectivity index (χ0) is 22.6. The molecule has 168 valence electrons. The van der Waals surface area contributed by atoms with Crippen LogP contribution in [-0.2, 0) is 6.42 Å². The van der Waals surface area contributed by atoms with Crippen molar-refractivity contribution < 1.29 is 4.74 Å². The van der Waals surface area contributed by atoms with Crippen molar-refractivity contribution in [3.05, 3.63) is 113 Å². The molecular weight excluding hydrogens is 402 g/mol. The van der Waals surface area contributed by atoms with E-state index in [4.69, 9.17) is 4.74 Å². The fourth-order valence-electron chi connectivity index (χ4n) is 5.23. The van der Waals surface area contributed by atoms with Crippen molar-refractivity contribution in [2.24, 2.45) is 0 Å². The molecular formula is C31H33NO.